The summed E-state index contributed by atoms with van der Waals surface area (Å²) in [6.07, 6.45) is 3.62. The van der Waals surface area contributed by atoms with Crippen molar-refractivity contribution in [3.05, 3.63) is 88.8 Å². The molecule has 6 nitrogen and oxygen atoms in total. The molecule has 1 saturated heterocycles. The molecule has 0 spiro atoms. The number of rotatable bonds is 6. The van der Waals surface area contributed by atoms with Crippen molar-refractivity contribution in [1.82, 2.24) is 24.8 Å². The van der Waals surface area contributed by atoms with E-state index in [0.717, 1.165) is 50.0 Å². The maximum absolute atomic E-state index is 13.5. The van der Waals surface area contributed by atoms with Crippen molar-refractivity contribution in [3.8, 4) is 5.95 Å². The number of likely N-dealkylation sites (tertiary alicyclic amines) is 1. The molecule has 10 heteroatoms. The molecule has 1 aliphatic rings. The van der Waals surface area contributed by atoms with Gasteiger partial charge in [0, 0.05) is 30.5 Å². The number of benzene rings is 2. The van der Waals surface area contributed by atoms with Crippen LogP contribution in [0.4, 0.5) is 13.2 Å². The second kappa shape index (κ2) is 10.5. The molecule has 0 aliphatic carbocycles. The summed E-state index contributed by atoms with van der Waals surface area (Å²) >= 11 is 6.50. The van der Waals surface area contributed by atoms with E-state index in [0.29, 0.717) is 27.4 Å². The number of nitrogens with one attached hydrogen (secondary N) is 1. The first kappa shape index (κ1) is 25.2. The van der Waals surface area contributed by atoms with Crippen LogP contribution in [-0.2, 0) is 6.18 Å². The topological polar surface area (TPSA) is 63.1 Å². The Bertz CT molecular complexity index is 1380. The first-order valence-corrected chi connectivity index (χ1v) is 12.5. The number of alkyl halides is 3. The van der Waals surface area contributed by atoms with Crippen LogP contribution in [0.2, 0.25) is 5.02 Å². The van der Waals surface area contributed by atoms with Gasteiger partial charge in [0.25, 0.3) is 5.91 Å². The summed E-state index contributed by atoms with van der Waals surface area (Å²) in [7, 11) is 0. The fourth-order valence-corrected chi connectivity index (χ4v) is 5.13. The van der Waals surface area contributed by atoms with Gasteiger partial charge >= 0.3 is 6.18 Å². The Hall–Kier alpha value is -3.43. The summed E-state index contributed by atoms with van der Waals surface area (Å²) in [6, 6.07) is 12.0. The molecular weight excluding hydrogens is 503 g/mol. The van der Waals surface area contributed by atoms with Crippen molar-refractivity contribution in [2.75, 3.05) is 19.6 Å². The molecule has 37 heavy (non-hydrogen) atoms. The van der Waals surface area contributed by atoms with Crippen LogP contribution in [-0.4, -0.2) is 45.0 Å². The first-order chi connectivity index (χ1) is 17.8. The number of fused-ring (bicyclic) bond motifs is 1. The van der Waals surface area contributed by atoms with E-state index in [1.54, 1.807) is 41.4 Å². The van der Waals surface area contributed by atoms with Crippen molar-refractivity contribution in [2.24, 2.45) is 0 Å². The molecule has 1 unspecified atom stereocenters. The number of carbonyl (C=O) groups is 1. The minimum absolute atomic E-state index is 0.239. The van der Waals surface area contributed by atoms with Crippen LogP contribution in [0.5, 0.6) is 0 Å². The van der Waals surface area contributed by atoms with Gasteiger partial charge in [0.1, 0.15) is 0 Å². The van der Waals surface area contributed by atoms with Gasteiger partial charge in [0.2, 0.25) is 5.95 Å². The highest BCUT2D eigenvalue weighted by atomic mass is 35.5. The number of piperidine rings is 1. The highest BCUT2D eigenvalue weighted by Crippen LogP contribution is 2.33. The normalized spacial score (nSPS) is 15.6. The zero-order valence-electron chi connectivity index (χ0n) is 19.9. The van der Waals surface area contributed by atoms with E-state index in [9.17, 15) is 18.0 Å². The molecule has 1 N–H and O–H groups in total. The monoisotopic (exact) mass is 527 g/mol. The zero-order valence-corrected chi connectivity index (χ0v) is 20.6. The van der Waals surface area contributed by atoms with Gasteiger partial charge in [-0.1, -0.05) is 36.2 Å². The molecule has 1 amide bonds. The Morgan fingerprint density at radius 1 is 1.00 bits per heavy atom. The Balaban J connectivity index is 1.44. The smallest absolute Gasteiger partial charge is 0.350 e. The fraction of sp³-hybridized carbons (Fsp3) is 0.296. The van der Waals surface area contributed by atoms with Crippen LogP contribution in [0.25, 0.3) is 16.9 Å². The minimum Gasteiger partial charge on any atom is -0.350 e. The molecule has 1 aliphatic heterocycles. The summed E-state index contributed by atoms with van der Waals surface area (Å²) in [6.45, 7) is 1.87. The Morgan fingerprint density at radius 3 is 2.38 bits per heavy atom. The van der Waals surface area contributed by atoms with Crippen LogP contribution in [0.15, 0.2) is 67.1 Å². The standard InChI is InChI=1S/C27H25ClF3N5O/c28-21-6-4-7-22-24(21)20(17-36(22)26-32-12-5-13-33-26)25(37)34-16-23(35-14-2-1-3-15-35)18-8-10-19(11-9-18)27(29,30)31/h4-13,17,23H,1-3,14-16H2,(H,34,37). The van der Waals surface area contributed by atoms with E-state index < -0.39 is 11.7 Å². The summed E-state index contributed by atoms with van der Waals surface area (Å²) < 4.78 is 41.1. The van der Waals surface area contributed by atoms with Crippen LogP contribution >= 0.6 is 11.6 Å². The number of nitrogens with zero attached hydrogens (tertiary/aromatic N) is 4. The Morgan fingerprint density at radius 2 is 1.70 bits per heavy atom. The molecule has 0 bridgehead atoms. The third-order valence-corrected chi connectivity index (χ3v) is 7.02. The molecule has 2 aromatic carbocycles. The summed E-state index contributed by atoms with van der Waals surface area (Å²) in [4.78, 5) is 24.3. The lowest BCUT2D eigenvalue weighted by Crippen LogP contribution is -2.40. The molecule has 1 atom stereocenters. The molecule has 4 aromatic rings. The predicted molar refractivity (Wildman–Crippen MR) is 136 cm³/mol. The molecule has 5 rings (SSSR count). The summed E-state index contributed by atoms with van der Waals surface area (Å²) in [5, 5.41) is 4.01. The van der Waals surface area contributed by atoms with Gasteiger partial charge in [-0.25, -0.2) is 9.97 Å². The molecule has 0 saturated carbocycles. The van der Waals surface area contributed by atoms with Gasteiger partial charge < -0.3 is 5.32 Å². The molecule has 0 radical (unpaired) electrons. The highest BCUT2D eigenvalue weighted by molar-refractivity contribution is 6.37. The van der Waals surface area contributed by atoms with Crippen molar-refractivity contribution in [3.63, 3.8) is 0 Å². The van der Waals surface area contributed by atoms with Gasteiger partial charge in [-0.2, -0.15) is 13.2 Å². The number of aromatic nitrogens is 3. The number of carbonyl (C=O) groups excluding carboxylic acids is 1. The molecule has 1 fully saturated rings. The van der Waals surface area contributed by atoms with Crippen molar-refractivity contribution in [1.29, 1.82) is 0 Å². The lowest BCUT2D eigenvalue weighted by Gasteiger charge is -2.35. The number of halogens is 4. The number of hydrogen-bond donors (Lipinski definition) is 1. The van der Waals surface area contributed by atoms with Crippen molar-refractivity contribution < 1.29 is 18.0 Å². The molecule has 3 heterocycles. The van der Waals surface area contributed by atoms with E-state index in [-0.39, 0.29) is 18.5 Å². The number of hydrogen-bond acceptors (Lipinski definition) is 4. The van der Waals surface area contributed by atoms with E-state index in [2.05, 4.69) is 20.2 Å². The van der Waals surface area contributed by atoms with E-state index >= 15 is 0 Å². The lowest BCUT2D eigenvalue weighted by molar-refractivity contribution is -0.137. The van der Waals surface area contributed by atoms with Crippen LogP contribution in [0, 0.1) is 0 Å². The van der Waals surface area contributed by atoms with Gasteiger partial charge in [-0.15, -0.1) is 0 Å². The third-order valence-electron chi connectivity index (χ3n) is 6.70. The van der Waals surface area contributed by atoms with Crippen molar-refractivity contribution in [2.45, 2.75) is 31.5 Å². The molecular formula is C27H25ClF3N5O. The largest absolute Gasteiger partial charge is 0.416 e. The van der Waals surface area contributed by atoms with Gasteiger partial charge in [0.05, 0.1) is 27.7 Å². The maximum atomic E-state index is 13.5. The Kier molecular flexibility index (Phi) is 7.17. The van der Waals surface area contributed by atoms with Crippen molar-refractivity contribution >= 4 is 28.4 Å². The molecule has 192 valence electrons. The third kappa shape index (κ3) is 5.33. The fourth-order valence-electron chi connectivity index (χ4n) is 4.86. The van der Waals surface area contributed by atoms with Crippen LogP contribution in [0.1, 0.15) is 46.8 Å². The molecule has 2 aromatic heterocycles. The summed E-state index contributed by atoms with van der Waals surface area (Å²) in [5.74, 6) is 0.0754. The SMILES string of the molecule is O=C(NCC(c1ccc(C(F)(F)F)cc1)N1CCCCC1)c1cn(-c2ncccn2)c2cccc(Cl)c12. The average molecular weight is 528 g/mol. The Labute approximate surface area is 217 Å². The number of amides is 1. The second-order valence-electron chi connectivity index (χ2n) is 9.04. The maximum Gasteiger partial charge on any atom is 0.416 e. The zero-order chi connectivity index (χ0) is 26.0. The van der Waals surface area contributed by atoms with Gasteiger partial charge in [-0.3, -0.25) is 14.3 Å². The van der Waals surface area contributed by atoms with Gasteiger partial charge in [0.15, 0.2) is 0 Å². The minimum atomic E-state index is -4.40. The average Bonchev–Trinajstić information content (AvgIpc) is 3.31. The van der Waals surface area contributed by atoms with Crippen LogP contribution < -0.4 is 5.32 Å². The van der Waals surface area contributed by atoms with Gasteiger partial charge in [-0.05, 0) is 61.8 Å². The van der Waals surface area contributed by atoms with E-state index in [1.807, 2.05) is 6.07 Å². The van der Waals surface area contributed by atoms with E-state index in [4.69, 9.17) is 11.6 Å². The predicted octanol–water partition coefficient (Wildman–Crippen LogP) is 6.05. The lowest BCUT2D eigenvalue weighted by atomic mass is 10.00. The summed E-state index contributed by atoms with van der Waals surface area (Å²) in [5.41, 5.74) is 1.11. The first-order valence-electron chi connectivity index (χ1n) is 12.1. The van der Waals surface area contributed by atoms with E-state index in [1.165, 1.54) is 12.1 Å². The quantitative estimate of drug-likeness (QED) is 0.331. The highest BCUT2D eigenvalue weighted by Gasteiger charge is 2.31. The van der Waals surface area contributed by atoms with Crippen LogP contribution in [0.3, 0.4) is 0 Å². The second-order valence-corrected chi connectivity index (χ2v) is 9.44.